The van der Waals surface area contributed by atoms with Crippen molar-refractivity contribution in [3.05, 3.63) is 41.4 Å². The molecule has 0 fully saturated rings. The average molecular weight is 212 g/mol. The molecule has 0 atom stereocenters. The number of nitrogens with one attached hydrogen (secondary N) is 1. The highest BCUT2D eigenvalue weighted by Gasteiger charge is 2.04. The molecule has 3 nitrogen and oxygen atoms in total. The first kappa shape index (κ1) is 10.6. The molecule has 0 saturated carbocycles. The zero-order valence-corrected chi connectivity index (χ0v) is 8.21. The fourth-order valence-corrected chi connectivity index (χ4v) is 1.08. The third-order valence-corrected chi connectivity index (χ3v) is 2.00. The van der Waals surface area contributed by atoms with Crippen LogP contribution in [0.15, 0.2) is 36.4 Å². The maximum atomic E-state index is 10.4. The minimum absolute atomic E-state index is 0.102. The molecule has 0 aliphatic heterocycles. The van der Waals surface area contributed by atoms with Crippen LogP contribution < -0.4 is 5.32 Å². The number of hydrogen-bond donors (Lipinski definition) is 2. The number of rotatable bonds is 4. The van der Waals surface area contributed by atoms with Gasteiger partial charge in [-0.3, -0.25) is 0 Å². The predicted octanol–water partition coefficient (Wildman–Crippen LogP) is 2.39. The summed E-state index contributed by atoms with van der Waals surface area (Å²) in [6.45, 7) is 3.57. The molecule has 0 unspecified atom stereocenters. The maximum Gasteiger partial charge on any atom is 0.332 e. The van der Waals surface area contributed by atoms with Gasteiger partial charge in [0.05, 0.1) is 10.7 Å². The van der Waals surface area contributed by atoms with E-state index < -0.39 is 5.97 Å². The van der Waals surface area contributed by atoms with Crippen molar-refractivity contribution in [3.8, 4) is 0 Å². The molecule has 0 saturated heterocycles. The predicted molar refractivity (Wildman–Crippen MR) is 56.7 cm³/mol. The molecule has 4 heteroatoms. The van der Waals surface area contributed by atoms with Crippen LogP contribution in [0.3, 0.4) is 0 Å². The van der Waals surface area contributed by atoms with Gasteiger partial charge in [-0.15, -0.1) is 0 Å². The summed E-state index contributed by atoms with van der Waals surface area (Å²) in [5.74, 6) is -1.01. The number of carboxylic acids is 1. The van der Waals surface area contributed by atoms with E-state index >= 15 is 0 Å². The Bertz CT molecular complexity index is 363. The van der Waals surface area contributed by atoms with Crippen molar-refractivity contribution in [2.75, 3.05) is 11.9 Å². The van der Waals surface area contributed by atoms with Gasteiger partial charge in [-0.2, -0.15) is 0 Å². The van der Waals surface area contributed by atoms with E-state index in [0.717, 1.165) is 0 Å². The minimum Gasteiger partial charge on any atom is -0.478 e. The fraction of sp³-hybridized carbons (Fsp3) is 0.100. The van der Waals surface area contributed by atoms with Crippen LogP contribution in [0.1, 0.15) is 0 Å². The molecule has 0 aliphatic rings. The van der Waals surface area contributed by atoms with Crippen molar-refractivity contribution in [1.82, 2.24) is 0 Å². The highest BCUT2D eigenvalue weighted by molar-refractivity contribution is 6.33. The molecule has 0 aliphatic carbocycles. The first-order valence-electron chi connectivity index (χ1n) is 4.00. The Morgan fingerprint density at radius 1 is 1.50 bits per heavy atom. The molecule has 74 valence electrons. The highest BCUT2D eigenvalue weighted by Crippen LogP contribution is 2.20. The zero-order valence-electron chi connectivity index (χ0n) is 7.46. The van der Waals surface area contributed by atoms with Crippen molar-refractivity contribution in [2.24, 2.45) is 0 Å². The third kappa shape index (κ3) is 2.78. The van der Waals surface area contributed by atoms with Crippen LogP contribution in [-0.4, -0.2) is 17.6 Å². The summed E-state index contributed by atoms with van der Waals surface area (Å²) >= 11 is 5.85. The topological polar surface area (TPSA) is 49.3 Å². The number of carbonyl (C=O) groups is 1. The summed E-state index contributed by atoms with van der Waals surface area (Å²) in [6, 6.07) is 7.13. The fourth-order valence-electron chi connectivity index (χ4n) is 0.882. The van der Waals surface area contributed by atoms with Crippen molar-refractivity contribution < 1.29 is 9.90 Å². The smallest absolute Gasteiger partial charge is 0.332 e. The van der Waals surface area contributed by atoms with E-state index in [1.54, 1.807) is 18.2 Å². The molecular formula is C10H10ClNO2. The number of aliphatic carboxylic acids is 1. The van der Waals surface area contributed by atoms with Crippen LogP contribution in [-0.2, 0) is 4.79 Å². The van der Waals surface area contributed by atoms with Gasteiger partial charge in [0.15, 0.2) is 0 Å². The van der Waals surface area contributed by atoms with Crippen molar-refractivity contribution in [2.45, 2.75) is 0 Å². The second-order valence-electron chi connectivity index (χ2n) is 2.74. The molecule has 1 aromatic carbocycles. The Balaban J connectivity index is 2.58. The van der Waals surface area contributed by atoms with Gasteiger partial charge >= 0.3 is 5.97 Å². The Kier molecular flexibility index (Phi) is 3.54. The number of para-hydroxylation sites is 1. The van der Waals surface area contributed by atoms with Gasteiger partial charge in [0, 0.05) is 12.1 Å². The third-order valence-electron chi connectivity index (χ3n) is 1.67. The molecule has 0 heterocycles. The first-order chi connectivity index (χ1) is 6.61. The molecule has 0 aromatic heterocycles. The molecular weight excluding hydrogens is 202 g/mol. The van der Waals surface area contributed by atoms with Crippen LogP contribution in [0.5, 0.6) is 0 Å². The summed E-state index contributed by atoms with van der Waals surface area (Å²) in [4.78, 5) is 10.4. The molecule has 0 amide bonds. The molecule has 14 heavy (non-hydrogen) atoms. The second-order valence-corrected chi connectivity index (χ2v) is 3.15. The standard InChI is InChI=1S/C10H10ClNO2/c1-7(10(13)14)6-12-9-5-3-2-4-8(9)11/h2-5,12H,1,6H2,(H,13,14). The lowest BCUT2D eigenvalue weighted by atomic mass is 10.2. The van der Waals surface area contributed by atoms with Gasteiger partial charge in [0.1, 0.15) is 0 Å². The zero-order chi connectivity index (χ0) is 10.6. The summed E-state index contributed by atoms with van der Waals surface area (Å²) in [5.41, 5.74) is 0.807. The normalized spacial score (nSPS) is 9.50. The number of hydrogen-bond acceptors (Lipinski definition) is 2. The monoisotopic (exact) mass is 211 g/mol. The number of halogens is 1. The van der Waals surface area contributed by atoms with Crippen molar-refractivity contribution in [3.63, 3.8) is 0 Å². The summed E-state index contributed by atoms with van der Waals surface area (Å²) in [6.07, 6.45) is 0. The van der Waals surface area contributed by atoms with Crippen LogP contribution in [0.2, 0.25) is 5.02 Å². The minimum atomic E-state index is -1.01. The van der Waals surface area contributed by atoms with Crippen molar-refractivity contribution in [1.29, 1.82) is 0 Å². The molecule has 0 spiro atoms. The van der Waals surface area contributed by atoms with Gasteiger partial charge in [0.25, 0.3) is 0 Å². The van der Waals surface area contributed by atoms with Crippen LogP contribution in [0.25, 0.3) is 0 Å². The number of benzene rings is 1. The van der Waals surface area contributed by atoms with E-state index in [0.29, 0.717) is 10.7 Å². The van der Waals surface area contributed by atoms with Gasteiger partial charge < -0.3 is 10.4 Å². The first-order valence-corrected chi connectivity index (χ1v) is 4.38. The lowest BCUT2D eigenvalue weighted by molar-refractivity contribution is -0.132. The molecule has 0 radical (unpaired) electrons. The SMILES string of the molecule is C=C(CNc1ccccc1Cl)C(=O)O. The Morgan fingerprint density at radius 3 is 2.71 bits per heavy atom. The number of carboxylic acid groups (broad SMARTS) is 1. The van der Waals surface area contributed by atoms with Gasteiger partial charge in [0.2, 0.25) is 0 Å². The summed E-state index contributed by atoms with van der Waals surface area (Å²) in [7, 11) is 0. The molecule has 1 rings (SSSR count). The van der Waals surface area contributed by atoms with E-state index in [4.69, 9.17) is 16.7 Å². The van der Waals surface area contributed by atoms with Crippen LogP contribution >= 0.6 is 11.6 Å². The molecule has 2 N–H and O–H groups in total. The lowest BCUT2D eigenvalue weighted by Crippen LogP contribution is -2.11. The van der Waals surface area contributed by atoms with Crippen LogP contribution in [0.4, 0.5) is 5.69 Å². The van der Waals surface area contributed by atoms with Gasteiger partial charge in [-0.1, -0.05) is 30.3 Å². The van der Waals surface area contributed by atoms with E-state index in [1.165, 1.54) is 0 Å². The quantitative estimate of drug-likeness (QED) is 0.752. The highest BCUT2D eigenvalue weighted by atomic mass is 35.5. The molecule has 0 bridgehead atoms. The maximum absolute atomic E-state index is 10.4. The second kappa shape index (κ2) is 4.67. The van der Waals surface area contributed by atoms with Gasteiger partial charge in [-0.25, -0.2) is 4.79 Å². The Hall–Kier alpha value is -1.48. The number of anilines is 1. The molecule has 1 aromatic rings. The summed E-state index contributed by atoms with van der Waals surface area (Å²) in [5, 5.41) is 12.0. The van der Waals surface area contributed by atoms with Crippen molar-refractivity contribution >= 4 is 23.3 Å². The Labute approximate surface area is 87.0 Å². The van der Waals surface area contributed by atoms with Crippen LogP contribution in [0, 0.1) is 0 Å². The average Bonchev–Trinajstić information content (AvgIpc) is 2.16. The largest absolute Gasteiger partial charge is 0.478 e. The lowest BCUT2D eigenvalue weighted by Gasteiger charge is -2.07. The summed E-state index contributed by atoms with van der Waals surface area (Å²) < 4.78 is 0. The van der Waals surface area contributed by atoms with Gasteiger partial charge in [-0.05, 0) is 12.1 Å². The van der Waals surface area contributed by atoms with E-state index in [9.17, 15) is 4.79 Å². The Morgan fingerprint density at radius 2 is 2.14 bits per heavy atom. The van der Waals surface area contributed by atoms with E-state index in [2.05, 4.69) is 11.9 Å². The van der Waals surface area contributed by atoms with E-state index in [-0.39, 0.29) is 12.1 Å². The van der Waals surface area contributed by atoms with E-state index in [1.807, 2.05) is 6.07 Å².